The first-order chi connectivity index (χ1) is 12.0. The van der Waals surface area contributed by atoms with E-state index in [1.807, 2.05) is 26.0 Å². The number of nitrogens with zero attached hydrogens (tertiary/aromatic N) is 3. The number of fused-ring (bicyclic) bond motifs is 1. The average Bonchev–Trinajstić information content (AvgIpc) is 2.99. The fourth-order valence-corrected chi connectivity index (χ4v) is 3.07. The molecule has 7 heteroatoms. The fourth-order valence-electron chi connectivity index (χ4n) is 2.81. The van der Waals surface area contributed by atoms with Crippen molar-refractivity contribution in [3.05, 3.63) is 63.4 Å². The molecule has 0 aromatic carbocycles. The highest BCUT2D eigenvalue weighted by Gasteiger charge is 2.16. The third-order valence-corrected chi connectivity index (χ3v) is 4.10. The molecule has 0 aliphatic carbocycles. The molecule has 2 N–H and O–H groups in total. The Labute approximate surface area is 148 Å². The van der Waals surface area contributed by atoms with Gasteiger partial charge in [-0.3, -0.25) is 4.79 Å². The van der Waals surface area contributed by atoms with E-state index in [9.17, 15) is 4.79 Å². The van der Waals surface area contributed by atoms with Crippen LogP contribution in [-0.4, -0.2) is 24.9 Å². The van der Waals surface area contributed by atoms with Crippen molar-refractivity contribution in [2.45, 2.75) is 13.8 Å². The molecule has 0 spiro atoms. The van der Waals surface area contributed by atoms with Gasteiger partial charge in [0.1, 0.15) is 16.5 Å². The van der Waals surface area contributed by atoms with Gasteiger partial charge in [-0.05, 0) is 37.6 Å². The van der Waals surface area contributed by atoms with Crippen molar-refractivity contribution < 1.29 is 0 Å². The predicted molar refractivity (Wildman–Crippen MR) is 97.7 cm³/mol. The van der Waals surface area contributed by atoms with E-state index in [-0.39, 0.29) is 5.43 Å². The molecule has 25 heavy (non-hydrogen) atoms. The summed E-state index contributed by atoms with van der Waals surface area (Å²) in [4.78, 5) is 31.7. The second-order valence-electron chi connectivity index (χ2n) is 5.86. The number of hydrogen-bond acceptors (Lipinski definition) is 4. The minimum atomic E-state index is -0.0958. The second kappa shape index (κ2) is 5.82. The number of halogens is 1. The third kappa shape index (κ3) is 2.81. The second-order valence-corrected chi connectivity index (χ2v) is 6.24. The minimum absolute atomic E-state index is 0.0958. The summed E-state index contributed by atoms with van der Waals surface area (Å²) in [6.45, 7) is 3.79. The van der Waals surface area contributed by atoms with E-state index in [1.165, 1.54) is 6.07 Å². The van der Waals surface area contributed by atoms with Gasteiger partial charge in [-0.2, -0.15) is 0 Å². The number of rotatable bonds is 2. The Balaban J connectivity index is 2.09. The standard InChI is InChI=1S/C18H14ClN5O/c1-9-5-11(6-15(19)22-9)12-7-13-14(25)3-4-20-17(13)24-16(12)18-21-8-10(2)23-18/h3-8H,1-2H3,(H,21,23)(H,20,24,25). The van der Waals surface area contributed by atoms with Gasteiger partial charge >= 0.3 is 0 Å². The number of hydrogen-bond donors (Lipinski definition) is 2. The summed E-state index contributed by atoms with van der Waals surface area (Å²) in [6, 6.07) is 6.97. The van der Waals surface area contributed by atoms with Gasteiger partial charge in [0.05, 0.1) is 5.39 Å². The van der Waals surface area contributed by atoms with Crippen LogP contribution in [-0.2, 0) is 0 Å². The van der Waals surface area contributed by atoms with Crippen molar-refractivity contribution in [3.63, 3.8) is 0 Å². The molecule has 124 valence electrons. The maximum atomic E-state index is 12.2. The van der Waals surface area contributed by atoms with Crippen molar-refractivity contribution in [1.82, 2.24) is 24.9 Å². The molecule has 4 rings (SSSR count). The van der Waals surface area contributed by atoms with Gasteiger partial charge in [-0.25, -0.2) is 15.0 Å². The topological polar surface area (TPSA) is 87.3 Å². The van der Waals surface area contributed by atoms with Crippen molar-refractivity contribution in [1.29, 1.82) is 0 Å². The van der Waals surface area contributed by atoms with Crippen molar-refractivity contribution >= 4 is 22.6 Å². The van der Waals surface area contributed by atoms with Gasteiger partial charge in [0.15, 0.2) is 11.3 Å². The lowest BCUT2D eigenvalue weighted by atomic mass is 10.0. The fraction of sp³-hybridized carbons (Fsp3) is 0.111. The lowest BCUT2D eigenvalue weighted by Crippen LogP contribution is -2.04. The molecule has 4 aromatic rings. The highest BCUT2D eigenvalue weighted by Crippen LogP contribution is 2.32. The van der Waals surface area contributed by atoms with E-state index in [4.69, 9.17) is 11.6 Å². The Morgan fingerprint density at radius 2 is 1.96 bits per heavy atom. The van der Waals surface area contributed by atoms with Crippen molar-refractivity contribution in [3.8, 4) is 22.6 Å². The maximum Gasteiger partial charge on any atom is 0.191 e. The van der Waals surface area contributed by atoms with Crippen LogP contribution in [0.25, 0.3) is 33.7 Å². The molecular weight excluding hydrogens is 338 g/mol. The molecule has 0 amide bonds. The molecule has 0 fully saturated rings. The molecule has 0 aliphatic heterocycles. The van der Waals surface area contributed by atoms with Crippen molar-refractivity contribution in [2.24, 2.45) is 0 Å². The lowest BCUT2D eigenvalue weighted by molar-refractivity contribution is 1.19. The van der Waals surface area contributed by atoms with Crippen LogP contribution >= 0.6 is 11.6 Å². The predicted octanol–water partition coefficient (Wildman–Crippen LogP) is 3.65. The number of H-pyrrole nitrogens is 2. The molecule has 0 bridgehead atoms. The Kier molecular flexibility index (Phi) is 3.62. The molecule has 0 saturated heterocycles. The SMILES string of the molecule is Cc1cc(-c2cc3c(=O)cc[nH]c3nc2-c2ncc(C)[nH]2)cc(Cl)n1. The van der Waals surface area contributed by atoms with Crippen LogP contribution < -0.4 is 5.43 Å². The average molecular weight is 352 g/mol. The summed E-state index contributed by atoms with van der Waals surface area (Å²) in [5.41, 5.74) is 4.37. The lowest BCUT2D eigenvalue weighted by Gasteiger charge is -2.10. The van der Waals surface area contributed by atoms with Gasteiger partial charge in [0, 0.05) is 35.4 Å². The quantitative estimate of drug-likeness (QED) is 0.540. The highest BCUT2D eigenvalue weighted by molar-refractivity contribution is 6.29. The van der Waals surface area contributed by atoms with E-state index < -0.39 is 0 Å². The summed E-state index contributed by atoms with van der Waals surface area (Å²) in [5, 5.41) is 0.897. The Morgan fingerprint density at radius 3 is 2.68 bits per heavy atom. The molecular formula is C18H14ClN5O. The van der Waals surface area contributed by atoms with Gasteiger partial charge in [-0.1, -0.05) is 11.6 Å². The van der Waals surface area contributed by atoms with Crippen LogP contribution in [0.4, 0.5) is 0 Å². The first-order valence-electron chi connectivity index (χ1n) is 7.70. The van der Waals surface area contributed by atoms with Gasteiger partial charge in [-0.15, -0.1) is 0 Å². The van der Waals surface area contributed by atoms with Crippen LogP contribution in [0, 0.1) is 13.8 Å². The number of nitrogens with one attached hydrogen (secondary N) is 2. The van der Waals surface area contributed by atoms with Crippen LogP contribution in [0.1, 0.15) is 11.4 Å². The summed E-state index contributed by atoms with van der Waals surface area (Å²) < 4.78 is 0. The normalized spacial score (nSPS) is 11.2. The zero-order valence-electron chi connectivity index (χ0n) is 13.6. The number of aromatic nitrogens is 5. The van der Waals surface area contributed by atoms with Crippen molar-refractivity contribution in [2.75, 3.05) is 0 Å². The van der Waals surface area contributed by atoms with Gasteiger partial charge in [0.25, 0.3) is 0 Å². The maximum absolute atomic E-state index is 12.2. The van der Waals surface area contributed by atoms with Crippen LogP contribution in [0.3, 0.4) is 0 Å². The van der Waals surface area contributed by atoms with E-state index in [0.29, 0.717) is 27.7 Å². The summed E-state index contributed by atoms with van der Waals surface area (Å²) >= 11 is 6.13. The molecule has 6 nitrogen and oxygen atoms in total. The Bertz CT molecular complexity index is 1140. The number of imidazole rings is 1. The Hall–Kier alpha value is -2.99. The Morgan fingerprint density at radius 1 is 1.12 bits per heavy atom. The zero-order valence-corrected chi connectivity index (χ0v) is 14.3. The minimum Gasteiger partial charge on any atom is -0.346 e. The molecule has 0 radical (unpaired) electrons. The van der Waals surface area contributed by atoms with E-state index in [1.54, 1.807) is 18.5 Å². The number of aryl methyl sites for hydroxylation is 2. The van der Waals surface area contributed by atoms with Crippen LogP contribution in [0.2, 0.25) is 5.15 Å². The van der Waals surface area contributed by atoms with E-state index in [2.05, 4.69) is 24.9 Å². The highest BCUT2D eigenvalue weighted by atomic mass is 35.5. The van der Waals surface area contributed by atoms with Crippen LogP contribution in [0.5, 0.6) is 0 Å². The van der Waals surface area contributed by atoms with E-state index >= 15 is 0 Å². The smallest absolute Gasteiger partial charge is 0.191 e. The molecule has 0 unspecified atom stereocenters. The van der Waals surface area contributed by atoms with Gasteiger partial charge < -0.3 is 9.97 Å². The van der Waals surface area contributed by atoms with Crippen LogP contribution in [0.15, 0.2) is 41.5 Å². The summed E-state index contributed by atoms with van der Waals surface area (Å²) in [6.07, 6.45) is 3.32. The monoisotopic (exact) mass is 351 g/mol. The largest absolute Gasteiger partial charge is 0.346 e. The summed E-state index contributed by atoms with van der Waals surface area (Å²) in [7, 11) is 0. The summed E-state index contributed by atoms with van der Waals surface area (Å²) in [5.74, 6) is 0.629. The molecule has 0 aliphatic rings. The first kappa shape index (κ1) is 15.5. The zero-order chi connectivity index (χ0) is 17.6. The first-order valence-corrected chi connectivity index (χ1v) is 8.08. The molecule has 0 saturated carbocycles. The molecule has 4 heterocycles. The van der Waals surface area contributed by atoms with Gasteiger partial charge in [0.2, 0.25) is 0 Å². The number of pyridine rings is 3. The van der Waals surface area contributed by atoms with E-state index in [0.717, 1.165) is 22.5 Å². The number of aromatic amines is 2. The molecule has 0 atom stereocenters. The molecule has 4 aromatic heterocycles. The third-order valence-electron chi connectivity index (χ3n) is 3.90.